The van der Waals surface area contributed by atoms with Gasteiger partial charge in [0.1, 0.15) is 9.84 Å². The first-order chi connectivity index (χ1) is 9.44. The van der Waals surface area contributed by atoms with E-state index in [1.165, 1.54) is 0 Å². The quantitative estimate of drug-likeness (QED) is 0.706. The van der Waals surface area contributed by atoms with Crippen molar-refractivity contribution >= 4 is 32.7 Å². The first-order valence-electron chi connectivity index (χ1n) is 6.73. The molecular formula is C14H22N2O2S2. The first kappa shape index (κ1) is 16.9. The summed E-state index contributed by atoms with van der Waals surface area (Å²) < 4.78 is 23.0. The van der Waals surface area contributed by atoms with Crippen LogP contribution in [0.5, 0.6) is 0 Å². The third-order valence-corrected chi connectivity index (χ3v) is 5.07. The molecule has 0 atom stereocenters. The van der Waals surface area contributed by atoms with Crippen molar-refractivity contribution in [1.82, 2.24) is 0 Å². The maximum absolute atomic E-state index is 11.5. The Morgan fingerprint density at radius 1 is 1.25 bits per heavy atom. The lowest BCUT2D eigenvalue weighted by molar-refractivity contribution is 0.593. The van der Waals surface area contributed by atoms with E-state index in [0.717, 1.165) is 5.69 Å². The highest BCUT2D eigenvalue weighted by atomic mass is 32.2. The number of rotatable bonds is 9. The van der Waals surface area contributed by atoms with E-state index in [1.54, 1.807) is 6.92 Å². The van der Waals surface area contributed by atoms with Crippen LogP contribution in [0.3, 0.4) is 0 Å². The van der Waals surface area contributed by atoms with E-state index >= 15 is 0 Å². The third kappa shape index (κ3) is 6.34. The molecule has 0 saturated carbocycles. The number of hydrogen-bond acceptors (Lipinski definition) is 4. The van der Waals surface area contributed by atoms with Crippen molar-refractivity contribution in [1.29, 1.82) is 0 Å². The molecule has 2 N–H and O–H groups in total. The van der Waals surface area contributed by atoms with Gasteiger partial charge >= 0.3 is 0 Å². The lowest BCUT2D eigenvalue weighted by Gasteiger charge is -2.24. The van der Waals surface area contributed by atoms with E-state index in [0.29, 0.717) is 30.9 Å². The molecule has 1 aromatic carbocycles. The van der Waals surface area contributed by atoms with Crippen molar-refractivity contribution in [3.05, 3.63) is 30.3 Å². The van der Waals surface area contributed by atoms with Crippen LogP contribution in [0.2, 0.25) is 0 Å². The summed E-state index contributed by atoms with van der Waals surface area (Å²) in [5, 5.41) is 0. The smallest absolute Gasteiger partial charge is 0.150 e. The Kier molecular flexibility index (Phi) is 6.95. The fraction of sp³-hybridized carbons (Fsp3) is 0.500. The van der Waals surface area contributed by atoms with Crippen molar-refractivity contribution < 1.29 is 8.42 Å². The molecule has 0 radical (unpaired) electrons. The Morgan fingerprint density at radius 2 is 1.90 bits per heavy atom. The Bertz CT molecular complexity index is 515. The van der Waals surface area contributed by atoms with Gasteiger partial charge < -0.3 is 10.6 Å². The SMILES string of the molecule is CCS(=O)(=O)CCCN(CCC(N)=S)c1ccccc1. The minimum atomic E-state index is -2.91. The van der Waals surface area contributed by atoms with Gasteiger partial charge in [0.15, 0.2) is 0 Å². The summed E-state index contributed by atoms with van der Waals surface area (Å²) in [7, 11) is -2.91. The summed E-state index contributed by atoms with van der Waals surface area (Å²) in [5.41, 5.74) is 6.61. The van der Waals surface area contributed by atoms with E-state index in [1.807, 2.05) is 30.3 Å². The Hall–Kier alpha value is -1.14. The zero-order valence-corrected chi connectivity index (χ0v) is 13.4. The zero-order chi connectivity index (χ0) is 15.0. The van der Waals surface area contributed by atoms with Crippen LogP contribution in [0.4, 0.5) is 5.69 Å². The average molecular weight is 314 g/mol. The molecule has 0 amide bonds. The predicted molar refractivity (Wildman–Crippen MR) is 89.0 cm³/mol. The van der Waals surface area contributed by atoms with Crippen molar-refractivity contribution in [2.75, 3.05) is 29.5 Å². The molecule has 112 valence electrons. The van der Waals surface area contributed by atoms with Crippen LogP contribution < -0.4 is 10.6 Å². The highest BCUT2D eigenvalue weighted by Gasteiger charge is 2.10. The zero-order valence-electron chi connectivity index (χ0n) is 11.8. The molecule has 0 heterocycles. The molecule has 0 aromatic heterocycles. The molecule has 0 aliphatic carbocycles. The molecule has 6 heteroatoms. The van der Waals surface area contributed by atoms with Crippen LogP contribution >= 0.6 is 12.2 Å². The van der Waals surface area contributed by atoms with Crippen LogP contribution in [-0.2, 0) is 9.84 Å². The third-order valence-electron chi connectivity index (χ3n) is 3.07. The Labute approximate surface area is 126 Å². The Balaban J connectivity index is 2.62. The summed E-state index contributed by atoms with van der Waals surface area (Å²) in [6.45, 7) is 3.08. The van der Waals surface area contributed by atoms with Gasteiger partial charge in [-0.25, -0.2) is 8.42 Å². The molecule has 1 aromatic rings. The second kappa shape index (κ2) is 8.21. The summed E-state index contributed by atoms with van der Waals surface area (Å²) >= 11 is 4.91. The second-order valence-corrected chi connectivity index (χ2v) is 7.63. The molecular weight excluding hydrogens is 292 g/mol. The molecule has 20 heavy (non-hydrogen) atoms. The molecule has 0 aliphatic rings. The fourth-order valence-electron chi connectivity index (χ4n) is 1.87. The van der Waals surface area contributed by atoms with Gasteiger partial charge in [-0.2, -0.15) is 0 Å². The molecule has 0 spiro atoms. The van der Waals surface area contributed by atoms with Crippen molar-refractivity contribution in [3.63, 3.8) is 0 Å². The molecule has 0 saturated heterocycles. The van der Waals surface area contributed by atoms with Crippen LogP contribution in [0.15, 0.2) is 30.3 Å². The van der Waals surface area contributed by atoms with Gasteiger partial charge in [0.05, 0.1) is 10.7 Å². The highest BCUT2D eigenvalue weighted by Crippen LogP contribution is 2.14. The van der Waals surface area contributed by atoms with Crippen molar-refractivity contribution in [2.45, 2.75) is 19.8 Å². The van der Waals surface area contributed by atoms with Crippen molar-refractivity contribution in [3.8, 4) is 0 Å². The number of nitrogens with zero attached hydrogens (tertiary/aromatic N) is 1. The topological polar surface area (TPSA) is 63.4 Å². The number of para-hydroxylation sites is 1. The predicted octanol–water partition coefficient (Wildman–Crippen LogP) is 1.99. The van der Waals surface area contributed by atoms with Gasteiger partial charge in [0.25, 0.3) is 0 Å². The standard InChI is InChI=1S/C14H22N2O2S2/c1-2-20(17,18)12-6-10-16(11-9-14(15)19)13-7-4-3-5-8-13/h3-5,7-8H,2,6,9-12H2,1H3,(H2,15,19). The van der Waals surface area contributed by atoms with Crippen molar-refractivity contribution in [2.24, 2.45) is 5.73 Å². The van der Waals surface area contributed by atoms with Crippen LogP contribution in [0.1, 0.15) is 19.8 Å². The van der Waals surface area contributed by atoms with Gasteiger partial charge in [-0.3, -0.25) is 0 Å². The van der Waals surface area contributed by atoms with Crippen LogP contribution in [0, 0.1) is 0 Å². The number of hydrogen-bond donors (Lipinski definition) is 1. The highest BCUT2D eigenvalue weighted by molar-refractivity contribution is 7.91. The van der Waals surface area contributed by atoms with Gasteiger partial charge in [0, 0.05) is 31.0 Å². The first-order valence-corrected chi connectivity index (χ1v) is 8.96. The number of benzene rings is 1. The number of nitrogens with two attached hydrogens (primary N) is 1. The van der Waals surface area contributed by atoms with Gasteiger partial charge in [0.2, 0.25) is 0 Å². The van der Waals surface area contributed by atoms with E-state index in [4.69, 9.17) is 18.0 Å². The molecule has 0 unspecified atom stereocenters. The number of sulfone groups is 1. The van der Waals surface area contributed by atoms with E-state index < -0.39 is 9.84 Å². The van der Waals surface area contributed by atoms with E-state index in [9.17, 15) is 8.42 Å². The molecule has 4 nitrogen and oxygen atoms in total. The molecule has 1 rings (SSSR count). The summed E-state index contributed by atoms with van der Waals surface area (Å²) in [4.78, 5) is 2.61. The average Bonchev–Trinajstić information content (AvgIpc) is 2.43. The second-order valence-electron chi connectivity index (χ2n) is 4.63. The number of anilines is 1. The Morgan fingerprint density at radius 3 is 2.45 bits per heavy atom. The van der Waals surface area contributed by atoms with E-state index in [-0.39, 0.29) is 11.5 Å². The molecule has 0 aliphatic heterocycles. The minimum absolute atomic E-state index is 0.200. The largest absolute Gasteiger partial charge is 0.393 e. The van der Waals surface area contributed by atoms with E-state index in [2.05, 4.69) is 4.90 Å². The lowest BCUT2D eigenvalue weighted by atomic mass is 10.2. The normalized spacial score (nSPS) is 11.2. The summed E-state index contributed by atoms with van der Waals surface area (Å²) in [6, 6.07) is 9.90. The fourth-order valence-corrected chi connectivity index (χ4v) is 2.82. The van der Waals surface area contributed by atoms with Gasteiger partial charge in [-0.1, -0.05) is 37.3 Å². The van der Waals surface area contributed by atoms with Gasteiger partial charge in [-0.05, 0) is 18.6 Å². The summed E-state index contributed by atoms with van der Waals surface area (Å²) in [6.07, 6.45) is 1.24. The monoisotopic (exact) mass is 314 g/mol. The molecule has 0 bridgehead atoms. The van der Waals surface area contributed by atoms with Crippen LogP contribution in [-0.4, -0.2) is 38.0 Å². The summed E-state index contributed by atoms with van der Waals surface area (Å²) in [5.74, 6) is 0.422. The van der Waals surface area contributed by atoms with Gasteiger partial charge in [-0.15, -0.1) is 0 Å². The molecule has 0 fully saturated rings. The maximum atomic E-state index is 11.5. The minimum Gasteiger partial charge on any atom is -0.393 e. The number of thiocarbonyl (C=S) groups is 1. The maximum Gasteiger partial charge on any atom is 0.150 e. The lowest BCUT2D eigenvalue weighted by Crippen LogP contribution is -2.29. The van der Waals surface area contributed by atoms with Crippen LogP contribution in [0.25, 0.3) is 0 Å².